The number of primary sulfonamides is 1. The highest BCUT2D eigenvalue weighted by molar-refractivity contribution is 7.89. The summed E-state index contributed by atoms with van der Waals surface area (Å²) in [6.07, 6.45) is 0.451. The molecule has 1 atom stereocenters. The van der Waals surface area contributed by atoms with Gasteiger partial charge in [-0.3, -0.25) is 5.01 Å². The van der Waals surface area contributed by atoms with E-state index in [4.69, 9.17) is 19.4 Å². The number of methoxy groups -OCH3 is 1. The molecular weight excluding hydrogens is 454 g/mol. The molecule has 0 aliphatic carbocycles. The second-order valence-electron chi connectivity index (χ2n) is 7.91. The van der Waals surface area contributed by atoms with Crippen LogP contribution in [0.3, 0.4) is 0 Å². The maximum Gasteiger partial charge on any atom is 0.345 e. The summed E-state index contributed by atoms with van der Waals surface area (Å²) in [6.45, 7) is 0. The number of anilines is 1. The van der Waals surface area contributed by atoms with Gasteiger partial charge in [0.15, 0.2) is 0 Å². The first-order valence-electron chi connectivity index (χ1n) is 10.5. The lowest BCUT2D eigenvalue weighted by Gasteiger charge is -2.24. The molecule has 0 spiro atoms. The minimum Gasteiger partial charge on any atom is -0.497 e. The van der Waals surface area contributed by atoms with Gasteiger partial charge >= 0.3 is 5.63 Å². The number of rotatable bonds is 5. The Balaban J connectivity index is 1.60. The number of ether oxygens (including phenoxy) is 1. The van der Waals surface area contributed by atoms with Gasteiger partial charge in [0.2, 0.25) is 10.0 Å². The van der Waals surface area contributed by atoms with E-state index in [1.807, 2.05) is 42.5 Å². The zero-order chi connectivity index (χ0) is 23.9. The van der Waals surface area contributed by atoms with E-state index in [2.05, 4.69) is 0 Å². The summed E-state index contributed by atoms with van der Waals surface area (Å²) < 4.78 is 34.1. The van der Waals surface area contributed by atoms with Gasteiger partial charge in [-0.2, -0.15) is 5.10 Å². The summed E-state index contributed by atoms with van der Waals surface area (Å²) in [5.74, 6) is 0.724. The average molecular weight is 476 g/mol. The number of sulfonamides is 1. The molecule has 0 bridgehead atoms. The van der Waals surface area contributed by atoms with Crippen LogP contribution in [0.5, 0.6) is 5.75 Å². The summed E-state index contributed by atoms with van der Waals surface area (Å²) in [5.41, 5.74) is 2.64. The molecule has 34 heavy (non-hydrogen) atoms. The van der Waals surface area contributed by atoms with Gasteiger partial charge in [-0.25, -0.2) is 18.4 Å². The van der Waals surface area contributed by atoms with E-state index in [1.54, 1.807) is 36.4 Å². The number of nitrogens with zero attached hydrogens (tertiary/aromatic N) is 2. The molecule has 0 radical (unpaired) electrons. The highest BCUT2D eigenvalue weighted by atomic mass is 32.2. The SMILES string of the molecule is COc1ccc(C2CC(c3cc4ccccc4oc3=O)=NN2c2ccc(S(N)(=O)=O)cc2)cc1. The maximum absolute atomic E-state index is 12.8. The molecule has 1 aromatic heterocycles. The van der Waals surface area contributed by atoms with Crippen molar-refractivity contribution < 1.29 is 17.6 Å². The normalized spacial score (nSPS) is 16.0. The molecular formula is C25H21N3O5S. The molecule has 2 N–H and O–H groups in total. The van der Waals surface area contributed by atoms with Crippen LogP contribution in [0.1, 0.15) is 23.6 Å². The molecule has 5 rings (SSSR count). The van der Waals surface area contributed by atoms with Gasteiger partial charge < -0.3 is 9.15 Å². The minimum atomic E-state index is -3.82. The van der Waals surface area contributed by atoms with Crippen molar-refractivity contribution in [1.29, 1.82) is 0 Å². The quantitative estimate of drug-likeness (QED) is 0.439. The Bertz CT molecular complexity index is 1560. The number of hydrazone groups is 1. The van der Waals surface area contributed by atoms with Crippen molar-refractivity contribution in [2.24, 2.45) is 10.2 Å². The van der Waals surface area contributed by atoms with E-state index in [9.17, 15) is 13.2 Å². The fourth-order valence-corrected chi connectivity index (χ4v) is 4.56. The van der Waals surface area contributed by atoms with E-state index in [-0.39, 0.29) is 10.9 Å². The van der Waals surface area contributed by atoms with E-state index >= 15 is 0 Å². The zero-order valence-electron chi connectivity index (χ0n) is 18.2. The first-order chi connectivity index (χ1) is 16.3. The second-order valence-corrected chi connectivity index (χ2v) is 9.47. The third-order valence-electron chi connectivity index (χ3n) is 5.79. The Hall–Kier alpha value is -3.95. The van der Waals surface area contributed by atoms with Gasteiger partial charge in [-0.15, -0.1) is 0 Å². The van der Waals surface area contributed by atoms with E-state index in [1.165, 1.54) is 12.1 Å². The summed E-state index contributed by atoms with van der Waals surface area (Å²) in [4.78, 5) is 12.8. The molecule has 3 aromatic carbocycles. The number of nitrogens with two attached hydrogens (primary N) is 1. The smallest absolute Gasteiger partial charge is 0.345 e. The Morgan fingerprint density at radius 1 is 1.03 bits per heavy atom. The third kappa shape index (κ3) is 4.07. The standard InChI is InChI=1S/C25H21N3O5S/c1-32-19-10-6-16(7-11-19)23-15-22(21-14-17-4-2-3-5-24(17)33-25(21)29)27-28(23)18-8-12-20(13-9-18)34(26,30)31/h2-14,23H,15H2,1H3,(H2,26,30,31). The molecule has 9 heteroatoms. The fraction of sp³-hybridized carbons (Fsp3) is 0.120. The van der Waals surface area contributed by atoms with Crippen molar-refractivity contribution in [3.63, 3.8) is 0 Å². The van der Waals surface area contributed by atoms with E-state index in [0.717, 1.165) is 16.7 Å². The van der Waals surface area contributed by atoms with Crippen LogP contribution in [-0.2, 0) is 10.0 Å². The molecule has 8 nitrogen and oxygen atoms in total. The highest BCUT2D eigenvalue weighted by Gasteiger charge is 2.31. The lowest BCUT2D eigenvalue weighted by atomic mass is 9.98. The topological polar surface area (TPSA) is 115 Å². The van der Waals surface area contributed by atoms with Gasteiger partial charge in [0.05, 0.1) is 35.0 Å². The fourth-order valence-electron chi connectivity index (χ4n) is 4.05. The Labute approximate surface area is 195 Å². The summed E-state index contributed by atoms with van der Waals surface area (Å²) in [7, 11) is -2.22. The highest BCUT2D eigenvalue weighted by Crippen LogP contribution is 2.37. The van der Waals surface area contributed by atoms with Crippen molar-refractivity contribution >= 4 is 32.4 Å². The molecule has 0 saturated carbocycles. The van der Waals surface area contributed by atoms with Crippen molar-refractivity contribution in [1.82, 2.24) is 0 Å². The van der Waals surface area contributed by atoms with Gasteiger partial charge in [-0.1, -0.05) is 30.3 Å². The molecule has 0 amide bonds. The first kappa shape index (κ1) is 21.9. The lowest BCUT2D eigenvalue weighted by Crippen LogP contribution is -2.19. The van der Waals surface area contributed by atoms with Crippen LogP contribution in [-0.4, -0.2) is 21.2 Å². The largest absolute Gasteiger partial charge is 0.497 e. The summed E-state index contributed by atoms with van der Waals surface area (Å²) >= 11 is 0. The molecule has 2 heterocycles. The molecule has 0 fully saturated rings. The summed E-state index contributed by atoms with van der Waals surface area (Å²) in [6, 6.07) is 22.6. The Kier molecular flexibility index (Phi) is 5.43. The molecule has 1 aliphatic heterocycles. The van der Waals surface area contributed by atoms with Crippen LogP contribution >= 0.6 is 0 Å². The molecule has 0 saturated heterocycles. The third-order valence-corrected chi connectivity index (χ3v) is 6.72. The van der Waals surface area contributed by atoms with E-state index in [0.29, 0.717) is 29.0 Å². The Morgan fingerprint density at radius 2 is 1.74 bits per heavy atom. The zero-order valence-corrected chi connectivity index (χ0v) is 19.0. The van der Waals surface area contributed by atoms with Crippen LogP contribution in [0.2, 0.25) is 0 Å². The molecule has 172 valence electrons. The van der Waals surface area contributed by atoms with Crippen molar-refractivity contribution in [2.75, 3.05) is 12.1 Å². The number of benzene rings is 3. The second kappa shape index (κ2) is 8.44. The summed E-state index contributed by atoms with van der Waals surface area (Å²) in [5, 5.41) is 12.6. The van der Waals surface area contributed by atoms with Crippen LogP contribution in [0, 0.1) is 0 Å². The minimum absolute atomic E-state index is 0.0100. The molecule has 4 aromatic rings. The van der Waals surface area contributed by atoms with E-state index < -0.39 is 15.6 Å². The number of hydrogen-bond acceptors (Lipinski definition) is 7. The van der Waals surface area contributed by atoms with Crippen LogP contribution in [0.4, 0.5) is 5.69 Å². The van der Waals surface area contributed by atoms with Crippen molar-refractivity contribution in [3.8, 4) is 5.75 Å². The van der Waals surface area contributed by atoms with Crippen molar-refractivity contribution in [3.05, 3.63) is 100 Å². The average Bonchev–Trinajstić information content (AvgIpc) is 3.28. The van der Waals surface area contributed by atoms with Gasteiger partial charge in [-0.05, 0) is 54.1 Å². The number of para-hydroxylation sites is 1. The number of hydrogen-bond donors (Lipinski definition) is 1. The van der Waals surface area contributed by atoms with Gasteiger partial charge in [0, 0.05) is 11.8 Å². The number of fused-ring (bicyclic) bond motifs is 1. The van der Waals surface area contributed by atoms with Crippen LogP contribution < -0.4 is 20.5 Å². The monoisotopic (exact) mass is 475 g/mol. The lowest BCUT2D eigenvalue weighted by molar-refractivity contribution is 0.414. The predicted molar refractivity (Wildman–Crippen MR) is 130 cm³/mol. The van der Waals surface area contributed by atoms with Gasteiger partial charge in [0.1, 0.15) is 11.3 Å². The van der Waals surface area contributed by atoms with Gasteiger partial charge in [0.25, 0.3) is 0 Å². The first-order valence-corrected chi connectivity index (χ1v) is 12.0. The van der Waals surface area contributed by atoms with Crippen LogP contribution in [0.25, 0.3) is 11.0 Å². The molecule has 1 aliphatic rings. The maximum atomic E-state index is 12.8. The Morgan fingerprint density at radius 3 is 2.41 bits per heavy atom. The van der Waals surface area contributed by atoms with Crippen molar-refractivity contribution in [2.45, 2.75) is 17.4 Å². The predicted octanol–water partition coefficient (Wildman–Crippen LogP) is 3.80. The molecule has 1 unspecified atom stereocenters. The van der Waals surface area contributed by atoms with Crippen LogP contribution in [0.15, 0.2) is 98.1 Å².